The van der Waals surface area contributed by atoms with Gasteiger partial charge in [0.1, 0.15) is 11.6 Å². The lowest BCUT2D eigenvalue weighted by molar-refractivity contribution is -0.139. The quantitative estimate of drug-likeness (QED) is 0.529. The molecule has 8 heteroatoms. The van der Waals surface area contributed by atoms with Gasteiger partial charge < -0.3 is 15.2 Å². The van der Waals surface area contributed by atoms with Crippen LogP contribution in [0.5, 0.6) is 0 Å². The zero-order valence-corrected chi connectivity index (χ0v) is 22.0. The molecule has 4 heterocycles. The van der Waals surface area contributed by atoms with Crippen molar-refractivity contribution in [3.8, 4) is 0 Å². The van der Waals surface area contributed by atoms with Gasteiger partial charge in [0.25, 0.3) is 0 Å². The molecule has 2 aliphatic rings. The number of hydrogen-bond acceptors (Lipinski definition) is 7. The molecule has 37 heavy (non-hydrogen) atoms. The molecule has 0 bridgehead atoms. The number of amides is 1. The highest BCUT2D eigenvalue weighted by Crippen LogP contribution is 2.23. The number of aromatic nitrogens is 2. The third-order valence-electron chi connectivity index (χ3n) is 7.83. The molecule has 0 atom stereocenters. The molecule has 3 aromatic rings. The van der Waals surface area contributed by atoms with Gasteiger partial charge in [0.2, 0.25) is 5.91 Å². The summed E-state index contributed by atoms with van der Waals surface area (Å²) in [4.78, 5) is 24.3. The fraction of sp³-hybridized carbons (Fsp3) is 0.483. The number of likely N-dealkylation sites (tertiary alicyclic amines) is 1. The lowest BCUT2D eigenvalue weighted by Crippen LogP contribution is -2.51. The Labute approximate surface area is 219 Å². The van der Waals surface area contributed by atoms with E-state index in [0.717, 1.165) is 83.1 Å². The molecular formula is C29H38N6O2. The number of hydrogen-bond donors (Lipinski definition) is 1. The van der Waals surface area contributed by atoms with E-state index < -0.39 is 0 Å². The number of anilines is 1. The summed E-state index contributed by atoms with van der Waals surface area (Å²) < 4.78 is 5.33. The molecule has 5 rings (SSSR count). The summed E-state index contributed by atoms with van der Waals surface area (Å²) >= 11 is 0. The maximum absolute atomic E-state index is 13.2. The van der Waals surface area contributed by atoms with Crippen molar-refractivity contribution in [2.75, 3.05) is 45.0 Å². The van der Waals surface area contributed by atoms with Crippen LogP contribution in [0.1, 0.15) is 46.5 Å². The van der Waals surface area contributed by atoms with E-state index in [1.165, 1.54) is 22.3 Å². The third kappa shape index (κ3) is 6.37. The molecule has 2 fully saturated rings. The molecule has 1 aromatic carbocycles. The van der Waals surface area contributed by atoms with E-state index in [4.69, 9.17) is 10.3 Å². The summed E-state index contributed by atoms with van der Waals surface area (Å²) in [5.74, 6) is 1.94. The zero-order valence-electron chi connectivity index (χ0n) is 22.0. The van der Waals surface area contributed by atoms with Gasteiger partial charge in [-0.3, -0.25) is 14.6 Å². The van der Waals surface area contributed by atoms with Gasteiger partial charge in [-0.25, -0.2) is 4.98 Å². The molecule has 0 aliphatic carbocycles. The van der Waals surface area contributed by atoms with E-state index in [-0.39, 0.29) is 5.92 Å². The molecular weight excluding hydrogens is 464 g/mol. The number of benzene rings is 1. The summed E-state index contributed by atoms with van der Waals surface area (Å²) in [7, 11) is 0. The lowest BCUT2D eigenvalue weighted by Gasteiger charge is -2.38. The van der Waals surface area contributed by atoms with E-state index >= 15 is 0 Å². The molecule has 0 spiro atoms. The maximum atomic E-state index is 13.2. The minimum absolute atomic E-state index is 0.145. The number of nitrogen functional groups attached to an aromatic ring is 1. The molecule has 2 aliphatic heterocycles. The summed E-state index contributed by atoms with van der Waals surface area (Å²) in [6, 6.07) is 12.7. The number of nitrogens with zero attached hydrogens (tertiary/aromatic N) is 5. The highest BCUT2D eigenvalue weighted by Gasteiger charge is 2.30. The van der Waals surface area contributed by atoms with Crippen LogP contribution in [0.3, 0.4) is 0 Å². The fourth-order valence-corrected chi connectivity index (χ4v) is 5.63. The van der Waals surface area contributed by atoms with Crippen molar-refractivity contribution >= 4 is 11.7 Å². The Balaban J connectivity index is 1.07. The first-order chi connectivity index (χ1) is 17.9. The Bertz CT molecular complexity index is 1190. The average molecular weight is 503 g/mol. The molecule has 2 aromatic heterocycles. The van der Waals surface area contributed by atoms with Gasteiger partial charge in [-0.05, 0) is 68.6 Å². The molecule has 0 unspecified atom stereocenters. The van der Waals surface area contributed by atoms with Crippen molar-refractivity contribution < 1.29 is 9.32 Å². The molecule has 196 valence electrons. The summed E-state index contributed by atoms with van der Waals surface area (Å²) in [6.45, 7) is 11.1. The number of rotatable bonds is 7. The Morgan fingerprint density at radius 3 is 2.30 bits per heavy atom. The second-order valence-corrected chi connectivity index (χ2v) is 10.5. The van der Waals surface area contributed by atoms with E-state index in [9.17, 15) is 4.79 Å². The second kappa shape index (κ2) is 11.4. The van der Waals surface area contributed by atoms with E-state index in [1.54, 1.807) is 6.20 Å². The first-order valence-corrected chi connectivity index (χ1v) is 13.4. The van der Waals surface area contributed by atoms with Gasteiger partial charge >= 0.3 is 0 Å². The smallest absolute Gasteiger partial charge is 0.225 e. The van der Waals surface area contributed by atoms with Gasteiger partial charge in [0.05, 0.1) is 5.69 Å². The Kier molecular flexibility index (Phi) is 7.86. The number of carbonyl (C=O) groups excluding carboxylic acids is 1. The topological polar surface area (TPSA) is 91.7 Å². The molecule has 8 nitrogen and oxygen atoms in total. The largest absolute Gasteiger partial charge is 0.384 e. The van der Waals surface area contributed by atoms with Crippen LogP contribution in [-0.2, 0) is 24.3 Å². The van der Waals surface area contributed by atoms with Crippen molar-refractivity contribution in [2.24, 2.45) is 5.92 Å². The first-order valence-electron chi connectivity index (χ1n) is 13.4. The van der Waals surface area contributed by atoms with Crippen molar-refractivity contribution in [1.29, 1.82) is 0 Å². The van der Waals surface area contributed by atoms with Crippen LogP contribution in [0.15, 0.2) is 47.1 Å². The fourth-order valence-electron chi connectivity index (χ4n) is 5.63. The number of carbonyl (C=O) groups is 1. The van der Waals surface area contributed by atoms with Crippen molar-refractivity contribution in [3.63, 3.8) is 0 Å². The summed E-state index contributed by atoms with van der Waals surface area (Å²) in [5.41, 5.74) is 11.7. The number of piperidine rings is 1. The average Bonchev–Trinajstić information content (AvgIpc) is 3.22. The maximum Gasteiger partial charge on any atom is 0.225 e. The Morgan fingerprint density at radius 2 is 1.62 bits per heavy atom. The van der Waals surface area contributed by atoms with Crippen LogP contribution in [0.25, 0.3) is 0 Å². The van der Waals surface area contributed by atoms with Gasteiger partial charge in [0, 0.05) is 63.4 Å². The van der Waals surface area contributed by atoms with Gasteiger partial charge in [-0.15, -0.1) is 0 Å². The Hall–Kier alpha value is -3.23. The Morgan fingerprint density at radius 1 is 0.946 bits per heavy atom. The van der Waals surface area contributed by atoms with Crippen molar-refractivity contribution in [2.45, 2.75) is 46.2 Å². The number of pyridine rings is 1. The molecule has 2 N–H and O–H groups in total. The van der Waals surface area contributed by atoms with Crippen molar-refractivity contribution in [1.82, 2.24) is 24.8 Å². The molecule has 0 saturated carbocycles. The number of aryl methyl sites for hydroxylation is 2. The normalized spacial score (nSPS) is 17.8. The second-order valence-electron chi connectivity index (χ2n) is 10.5. The van der Waals surface area contributed by atoms with Gasteiger partial charge in [-0.1, -0.05) is 29.4 Å². The lowest BCUT2D eigenvalue weighted by atomic mass is 9.94. The van der Waals surface area contributed by atoms with Crippen LogP contribution >= 0.6 is 0 Å². The van der Waals surface area contributed by atoms with E-state index in [1.807, 2.05) is 26.0 Å². The third-order valence-corrected chi connectivity index (χ3v) is 7.83. The minimum Gasteiger partial charge on any atom is -0.384 e. The predicted octanol–water partition coefficient (Wildman–Crippen LogP) is 3.42. The number of nitrogens with two attached hydrogens (primary N) is 1. The highest BCUT2D eigenvalue weighted by atomic mass is 16.5. The van der Waals surface area contributed by atoms with Crippen LogP contribution in [0.4, 0.5) is 5.82 Å². The van der Waals surface area contributed by atoms with Crippen LogP contribution < -0.4 is 5.73 Å². The predicted molar refractivity (Wildman–Crippen MR) is 144 cm³/mol. The van der Waals surface area contributed by atoms with Crippen LogP contribution in [0, 0.1) is 19.8 Å². The highest BCUT2D eigenvalue weighted by molar-refractivity contribution is 5.79. The zero-order chi connectivity index (χ0) is 25.8. The molecule has 2 saturated heterocycles. The summed E-state index contributed by atoms with van der Waals surface area (Å²) in [6.07, 6.45) is 4.46. The van der Waals surface area contributed by atoms with E-state index in [2.05, 4.69) is 49.1 Å². The SMILES string of the molecule is Cc1noc(C)c1Cc1cccc(CN2CCN(C(=O)C3CCN(Cc4ccnc(N)c4)CC3)CC2)c1. The molecule has 1 amide bonds. The number of piperazine rings is 1. The minimum atomic E-state index is 0.145. The standard InChI is InChI=1S/C29H38N6O2/c1-21-27(22(2)37-32-21)17-23-4-3-5-24(16-23)19-34-12-14-35(15-13-34)29(36)26-7-10-33(11-8-26)20-25-6-9-31-28(30)18-25/h3-6,9,16,18,26H,7-8,10-15,17,19-20H2,1-2H3,(H2,30,31). The van der Waals surface area contributed by atoms with Gasteiger partial charge in [-0.2, -0.15) is 0 Å². The summed E-state index contributed by atoms with van der Waals surface area (Å²) in [5, 5.41) is 4.08. The monoisotopic (exact) mass is 502 g/mol. The van der Waals surface area contributed by atoms with Crippen molar-refractivity contribution in [3.05, 3.63) is 76.3 Å². The van der Waals surface area contributed by atoms with Gasteiger partial charge in [0.15, 0.2) is 0 Å². The molecule has 0 radical (unpaired) electrons. The first kappa shape index (κ1) is 25.4. The van der Waals surface area contributed by atoms with Crippen LogP contribution in [-0.4, -0.2) is 70.0 Å². The van der Waals surface area contributed by atoms with E-state index in [0.29, 0.717) is 11.7 Å². The van der Waals surface area contributed by atoms with Crippen LogP contribution in [0.2, 0.25) is 0 Å².